The molecule has 8 heteroatoms. The first-order valence-electron chi connectivity index (χ1n) is 12.1. The van der Waals surface area contributed by atoms with Crippen LogP contribution in [0.15, 0.2) is 22.3 Å². The lowest BCUT2D eigenvalue weighted by atomic mass is 9.97. The van der Waals surface area contributed by atoms with E-state index < -0.39 is 0 Å². The number of hydrogen-bond donors (Lipinski definition) is 1. The third-order valence-corrected chi connectivity index (χ3v) is 9.36. The zero-order valence-electron chi connectivity index (χ0n) is 19.4. The zero-order chi connectivity index (χ0) is 22.9. The molecule has 3 aromatic heterocycles. The van der Waals surface area contributed by atoms with Gasteiger partial charge in [-0.15, -0.1) is 22.7 Å². The number of aromatic nitrogens is 2. The van der Waals surface area contributed by atoms with Crippen LogP contribution in [0.5, 0.6) is 0 Å². The number of hydrogen-bond acceptors (Lipinski definition) is 6. The van der Waals surface area contributed by atoms with Crippen molar-refractivity contribution in [3.63, 3.8) is 0 Å². The fourth-order valence-corrected chi connectivity index (χ4v) is 7.09. The predicted octanol–water partition coefficient (Wildman–Crippen LogP) is 4.76. The maximum atomic E-state index is 13.3. The molecule has 0 saturated carbocycles. The number of fused-ring (bicyclic) bond motifs is 2. The van der Waals surface area contributed by atoms with Crippen molar-refractivity contribution in [3.8, 4) is 0 Å². The van der Waals surface area contributed by atoms with Crippen molar-refractivity contribution in [2.24, 2.45) is 5.92 Å². The molecule has 1 saturated heterocycles. The second-order valence-electron chi connectivity index (χ2n) is 9.49. The molecule has 0 radical (unpaired) electrons. The van der Waals surface area contributed by atoms with Gasteiger partial charge in [-0.05, 0) is 68.6 Å². The summed E-state index contributed by atoms with van der Waals surface area (Å²) in [5.41, 5.74) is 0.785. The topological polar surface area (TPSA) is 67.2 Å². The van der Waals surface area contributed by atoms with E-state index in [2.05, 4.69) is 34.7 Å². The highest BCUT2D eigenvalue weighted by Crippen LogP contribution is 2.31. The van der Waals surface area contributed by atoms with Gasteiger partial charge < -0.3 is 5.32 Å². The first-order chi connectivity index (χ1) is 16.0. The second-order valence-corrected chi connectivity index (χ2v) is 11.5. The summed E-state index contributed by atoms with van der Waals surface area (Å²) >= 11 is 3.12. The van der Waals surface area contributed by atoms with Gasteiger partial charge in [0.2, 0.25) is 0 Å². The van der Waals surface area contributed by atoms with E-state index in [1.165, 1.54) is 29.1 Å². The Bertz CT molecular complexity index is 1190. The number of carbonyl (C=O) groups excluding carboxylic acids is 1. The molecule has 5 heterocycles. The molecular formula is C25H32N4O2S2. The molecule has 2 aliphatic rings. The van der Waals surface area contributed by atoms with E-state index in [1.807, 2.05) is 11.5 Å². The van der Waals surface area contributed by atoms with Crippen LogP contribution in [-0.2, 0) is 13.0 Å². The van der Waals surface area contributed by atoms with Gasteiger partial charge in [-0.1, -0.05) is 19.4 Å². The van der Waals surface area contributed by atoms with Gasteiger partial charge in [0, 0.05) is 24.4 Å². The minimum atomic E-state index is -0.0953. The fourth-order valence-electron chi connectivity index (χ4n) is 5.13. The van der Waals surface area contributed by atoms with Crippen LogP contribution in [0.3, 0.4) is 0 Å². The van der Waals surface area contributed by atoms with Crippen LogP contribution in [0, 0.1) is 12.8 Å². The Balaban J connectivity index is 1.39. The second kappa shape index (κ2) is 9.68. The summed E-state index contributed by atoms with van der Waals surface area (Å²) in [4.78, 5) is 36.4. The van der Waals surface area contributed by atoms with Crippen LogP contribution in [0.25, 0.3) is 10.2 Å². The molecule has 1 N–H and O–H groups in total. The maximum Gasteiger partial charge on any atom is 0.262 e. The van der Waals surface area contributed by atoms with Crippen LogP contribution in [0.2, 0.25) is 0 Å². The molecule has 1 fully saturated rings. The number of likely N-dealkylation sites (tertiary alicyclic amines) is 1. The van der Waals surface area contributed by atoms with Crippen LogP contribution in [-0.4, -0.2) is 40.0 Å². The summed E-state index contributed by atoms with van der Waals surface area (Å²) in [5.74, 6) is 1.54. The molecule has 1 atom stereocenters. The minimum absolute atomic E-state index is 0.0172. The summed E-state index contributed by atoms with van der Waals surface area (Å²) in [6.07, 6.45) is 6.44. The normalized spacial score (nSPS) is 18.7. The SMILES string of the molecule is Cc1c(C(=O)NCC(c2cccs2)N2CCC(C)CC2)sc2nc3n(c(=O)c12)CCCCC3. The van der Waals surface area contributed by atoms with Gasteiger partial charge in [-0.25, -0.2) is 4.98 Å². The molecular weight excluding hydrogens is 452 g/mol. The summed E-state index contributed by atoms with van der Waals surface area (Å²) in [6, 6.07) is 4.44. The van der Waals surface area contributed by atoms with Gasteiger partial charge in [0.15, 0.2) is 0 Å². The molecule has 0 bridgehead atoms. The summed E-state index contributed by atoms with van der Waals surface area (Å²) in [7, 11) is 0. The lowest BCUT2D eigenvalue weighted by molar-refractivity contribution is 0.0918. The summed E-state index contributed by atoms with van der Waals surface area (Å²) in [5, 5.41) is 5.92. The average Bonchev–Trinajstić information content (AvgIpc) is 3.37. The van der Waals surface area contributed by atoms with Gasteiger partial charge in [-0.2, -0.15) is 0 Å². The number of nitrogens with zero attached hydrogens (tertiary/aromatic N) is 3. The van der Waals surface area contributed by atoms with Gasteiger partial charge in [0.1, 0.15) is 10.7 Å². The highest BCUT2D eigenvalue weighted by atomic mass is 32.1. The number of nitrogens with one attached hydrogen (secondary N) is 1. The van der Waals surface area contributed by atoms with Crippen molar-refractivity contribution in [3.05, 3.63) is 49.0 Å². The molecule has 2 aliphatic heterocycles. The molecule has 176 valence electrons. The largest absolute Gasteiger partial charge is 0.349 e. The lowest BCUT2D eigenvalue weighted by Crippen LogP contribution is -2.41. The molecule has 5 rings (SSSR count). The van der Waals surface area contributed by atoms with Gasteiger partial charge in [0.05, 0.1) is 16.3 Å². The van der Waals surface area contributed by atoms with Crippen molar-refractivity contribution in [2.45, 2.75) is 65.0 Å². The monoisotopic (exact) mass is 484 g/mol. The van der Waals surface area contributed by atoms with Gasteiger partial charge >= 0.3 is 0 Å². The van der Waals surface area contributed by atoms with E-state index in [4.69, 9.17) is 4.98 Å². The first kappa shape index (κ1) is 22.7. The smallest absolute Gasteiger partial charge is 0.262 e. The molecule has 0 aromatic carbocycles. The Morgan fingerprint density at radius 1 is 1.24 bits per heavy atom. The predicted molar refractivity (Wildman–Crippen MR) is 136 cm³/mol. The van der Waals surface area contributed by atoms with E-state index >= 15 is 0 Å². The summed E-state index contributed by atoms with van der Waals surface area (Å²) < 4.78 is 1.83. The highest BCUT2D eigenvalue weighted by molar-refractivity contribution is 7.20. The maximum absolute atomic E-state index is 13.3. The molecule has 6 nitrogen and oxygen atoms in total. The number of rotatable bonds is 5. The van der Waals surface area contributed by atoms with Crippen molar-refractivity contribution in [1.82, 2.24) is 19.8 Å². The van der Waals surface area contributed by atoms with Crippen LogP contribution >= 0.6 is 22.7 Å². The van der Waals surface area contributed by atoms with E-state index in [1.54, 1.807) is 11.3 Å². The van der Waals surface area contributed by atoms with E-state index in [9.17, 15) is 9.59 Å². The number of piperidine rings is 1. The number of amides is 1. The number of aryl methyl sites for hydroxylation is 2. The van der Waals surface area contributed by atoms with Crippen molar-refractivity contribution in [1.29, 1.82) is 0 Å². The third-order valence-electron chi connectivity index (χ3n) is 7.20. The van der Waals surface area contributed by atoms with E-state index in [-0.39, 0.29) is 17.5 Å². The minimum Gasteiger partial charge on any atom is -0.349 e. The average molecular weight is 485 g/mol. The van der Waals surface area contributed by atoms with Gasteiger partial charge in [-0.3, -0.25) is 19.1 Å². The van der Waals surface area contributed by atoms with E-state index in [0.717, 1.165) is 62.6 Å². The fraction of sp³-hybridized carbons (Fsp3) is 0.560. The number of thiophene rings is 2. The Morgan fingerprint density at radius 3 is 2.82 bits per heavy atom. The van der Waals surface area contributed by atoms with Crippen LogP contribution in [0.1, 0.15) is 71.0 Å². The van der Waals surface area contributed by atoms with Crippen molar-refractivity contribution in [2.75, 3.05) is 19.6 Å². The highest BCUT2D eigenvalue weighted by Gasteiger charge is 2.27. The Labute approximate surface area is 202 Å². The first-order valence-corrected chi connectivity index (χ1v) is 13.8. The van der Waals surface area contributed by atoms with Crippen LogP contribution in [0.4, 0.5) is 0 Å². The molecule has 1 amide bonds. The molecule has 1 unspecified atom stereocenters. The Morgan fingerprint density at radius 2 is 2.06 bits per heavy atom. The van der Waals surface area contributed by atoms with Crippen molar-refractivity contribution < 1.29 is 4.79 Å². The molecule has 0 spiro atoms. The standard InChI is InChI=1S/C25H32N4O2S2/c1-16-9-12-28(13-10-16)18(19-7-6-14-32-19)15-26-23(30)22-17(2)21-24(33-22)27-20-8-4-3-5-11-29(20)25(21)31/h6-7,14,16,18H,3-5,8-13,15H2,1-2H3,(H,26,30). The van der Waals surface area contributed by atoms with Crippen molar-refractivity contribution >= 4 is 38.8 Å². The van der Waals surface area contributed by atoms with Gasteiger partial charge in [0.25, 0.3) is 11.5 Å². The molecule has 3 aromatic rings. The lowest BCUT2D eigenvalue weighted by Gasteiger charge is -2.36. The third kappa shape index (κ3) is 4.53. The molecule has 0 aliphatic carbocycles. The Hall–Kier alpha value is -2.03. The molecule has 33 heavy (non-hydrogen) atoms. The summed E-state index contributed by atoms with van der Waals surface area (Å²) in [6.45, 7) is 7.64. The Kier molecular flexibility index (Phi) is 6.67. The zero-order valence-corrected chi connectivity index (χ0v) is 21.1. The number of carbonyl (C=O) groups is 1. The van der Waals surface area contributed by atoms with Crippen LogP contribution < -0.4 is 10.9 Å². The quantitative estimate of drug-likeness (QED) is 0.567. The van der Waals surface area contributed by atoms with E-state index in [0.29, 0.717) is 21.6 Å².